The van der Waals surface area contributed by atoms with Crippen molar-refractivity contribution in [2.24, 2.45) is 5.92 Å². The maximum absolute atomic E-state index is 12.9. The Bertz CT molecular complexity index is 772. The number of piperidine rings is 1. The van der Waals surface area contributed by atoms with E-state index in [1.54, 1.807) is 12.1 Å². The Labute approximate surface area is 160 Å². The molecule has 0 amide bonds. The number of halogens is 3. The minimum absolute atomic E-state index is 0.0330. The van der Waals surface area contributed by atoms with Crippen molar-refractivity contribution >= 4 is 11.3 Å². The maximum Gasteiger partial charge on any atom is 0.452 e. The molecule has 3 heterocycles. The third-order valence-electron chi connectivity index (χ3n) is 4.82. The SMILES string of the molecule is Cc1c(-c2ccc(C(O)N3CCCC(CN(C)C)C3)s2)noc1C(F)(F)F. The molecule has 150 valence electrons. The summed E-state index contributed by atoms with van der Waals surface area (Å²) in [5, 5.41) is 14.4. The monoisotopic (exact) mass is 403 g/mol. The molecule has 2 aromatic rings. The molecule has 0 aromatic carbocycles. The number of likely N-dealkylation sites (tertiary alicyclic amines) is 1. The Hall–Kier alpha value is -1.42. The van der Waals surface area contributed by atoms with Crippen LogP contribution in [-0.2, 0) is 6.18 Å². The van der Waals surface area contributed by atoms with Crippen molar-refractivity contribution < 1.29 is 22.8 Å². The Kier molecular flexibility index (Phi) is 5.95. The molecule has 0 saturated carbocycles. The molecule has 0 bridgehead atoms. The fourth-order valence-corrected chi connectivity index (χ4v) is 4.68. The van der Waals surface area contributed by atoms with Gasteiger partial charge >= 0.3 is 6.18 Å². The number of aliphatic hydroxyl groups excluding tert-OH is 1. The zero-order chi connectivity index (χ0) is 19.8. The highest BCUT2D eigenvalue weighted by molar-refractivity contribution is 7.15. The van der Waals surface area contributed by atoms with Crippen molar-refractivity contribution in [3.05, 3.63) is 28.3 Å². The van der Waals surface area contributed by atoms with Crippen LogP contribution < -0.4 is 0 Å². The fourth-order valence-electron chi connectivity index (χ4n) is 3.61. The highest BCUT2D eigenvalue weighted by atomic mass is 32.1. The second-order valence-corrected chi connectivity index (χ2v) is 8.44. The van der Waals surface area contributed by atoms with Crippen LogP contribution in [0.4, 0.5) is 13.2 Å². The van der Waals surface area contributed by atoms with Crippen LogP contribution in [0.25, 0.3) is 10.6 Å². The number of aromatic nitrogens is 1. The van der Waals surface area contributed by atoms with Crippen LogP contribution in [-0.4, -0.2) is 53.8 Å². The smallest absolute Gasteiger partial charge is 0.373 e. The van der Waals surface area contributed by atoms with Crippen molar-refractivity contribution in [3.8, 4) is 10.6 Å². The number of rotatable bonds is 5. The molecule has 2 unspecified atom stereocenters. The van der Waals surface area contributed by atoms with E-state index in [1.165, 1.54) is 18.3 Å². The fraction of sp³-hybridized carbons (Fsp3) is 0.611. The predicted octanol–water partition coefficient (Wildman–Crippen LogP) is 3.99. The minimum Gasteiger partial charge on any atom is -0.373 e. The number of hydrogen-bond acceptors (Lipinski definition) is 6. The van der Waals surface area contributed by atoms with E-state index in [2.05, 4.69) is 14.6 Å². The summed E-state index contributed by atoms with van der Waals surface area (Å²) in [6, 6.07) is 3.44. The summed E-state index contributed by atoms with van der Waals surface area (Å²) in [6.07, 6.45) is -3.17. The highest BCUT2D eigenvalue weighted by Gasteiger charge is 2.39. The molecule has 0 aliphatic carbocycles. The van der Waals surface area contributed by atoms with Crippen LogP contribution >= 0.6 is 11.3 Å². The summed E-state index contributed by atoms with van der Waals surface area (Å²) in [5.41, 5.74) is 0.143. The van der Waals surface area contributed by atoms with Crippen LogP contribution in [0.3, 0.4) is 0 Å². The molecule has 2 aromatic heterocycles. The van der Waals surface area contributed by atoms with Gasteiger partial charge in [-0.3, -0.25) is 4.90 Å². The molecule has 9 heteroatoms. The molecule has 2 atom stereocenters. The van der Waals surface area contributed by atoms with Gasteiger partial charge in [0.1, 0.15) is 11.9 Å². The quantitative estimate of drug-likeness (QED) is 0.818. The van der Waals surface area contributed by atoms with E-state index < -0.39 is 18.2 Å². The van der Waals surface area contributed by atoms with Gasteiger partial charge in [-0.1, -0.05) is 5.16 Å². The van der Waals surface area contributed by atoms with E-state index in [1.807, 2.05) is 19.0 Å². The molecule has 1 aliphatic rings. The molecule has 27 heavy (non-hydrogen) atoms. The van der Waals surface area contributed by atoms with E-state index in [-0.39, 0.29) is 11.3 Å². The Morgan fingerprint density at radius 2 is 2.15 bits per heavy atom. The van der Waals surface area contributed by atoms with Crippen molar-refractivity contribution in [2.75, 3.05) is 33.7 Å². The lowest BCUT2D eigenvalue weighted by Crippen LogP contribution is -2.41. The van der Waals surface area contributed by atoms with E-state index in [4.69, 9.17) is 0 Å². The first kappa shape index (κ1) is 20.3. The largest absolute Gasteiger partial charge is 0.452 e. The van der Waals surface area contributed by atoms with Gasteiger partial charge in [-0.05, 0) is 51.9 Å². The summed E-state index contributed by atoms with van der Waals surface area (Å²) in [4.78, 5) is 5.44. The zero-order valence-electron chi connectivity index (χ0n) is 15.6. The number of hydrogen-bond donors (Lipinski definition) is 1. The lowest BCUT2D eigenvalue weighted by molar-refractivity contribution is -0.156. The maximum atomic E-state index is 12.9. The molecule has 1 saturated heterocycles. The summed E-state index contributed by atoms with van der Waals surface area (Å²) in [7, 11) is 4.08. The molecule has 1 N–H and O–H groups in total. The van der Waals surface area contributed by atoms with Gasteiger partial charge in [0, 0.05) is 30.1 Å². The third-order valence-corrected chi connectivity index (χ3v) is 5.95. The molecule has 0 radical (unpaired) electrons. The van der Waals surface area contributed by atoms with Crippen molar-refractivity contribution in [2.45, 2.75) is 32.2 Å². The molecular formula is C18H24F3N3O2S. The number of nitrogens with zero attached hydrogens (tertiary/aromatic N) is 3. The number of alkyl halides is 3. The van der Waals surface area contributed by atoms with Gasteiger partial charge in [0.2, 0.25) is 5.76 Å². The second kappa shape index (κ2) is 7.90. The van der Waals surface area contributed by atoms with Crippen LogP contribution in [0.15, 0.2) is 16.7 Å². The first-order chi connectivity index (χ1) is 12.7. The van der Waals surface area contributed by atoms with Crippen molar-refractivity contribution in [3.63, 3.8) is 0 Å². The molecule has 3 rings (SSSR count). The van der Waals surface area contributed by atoms with E-state index in [0.717, 1.165) is 32.5 Å². The van der Waals surface area contributed by atoms with E-state index >= 15 is 0 Å². The standard InChI is InChI=1S/C18H24F3N3O2S/c1-11-15(22-26-16(11)18(19,20)21)13-6-7-14(27-13)17(25)24-8-4-5-12(10-24)9-23(2)3/h6-7,12,17,25H,4-5,8-10H2,1-3H3. The van der Waals surface area contributed by atoms with Gasteiger partial charge in [-0.25, -0.2) is 0 Å². The molecular weight excluding hydrogens is 379 g/mol. The molecule has 5 nitrogen and oxygen atoms in total. The lowest BCUT2D eigenvalue weighted by atomic mass is 9.97. The summed E-state index contributed by atoms with van der Waals surface area (Å²) in [6.45, 7) is 3.92. The van der Waals surface area contributed by atoms with Crippen LogP contribution in [0, 0.1) is 12.8 Å². The third kappa shape index (κ3) is 4.53. The zero-order valence-corrected chi connectivity index (χ0v) is 16.4. The van der Waals surface area contributed by atoms with Gasteiger partial charge in [0.05, 0.1) is 4.88 Å². The second-order valence-electron chi connectivity index (χ2n) is 7.32. The first-order valence-electron chi connectivity index (χ1n) is 8.87. The summed E-state index contributed by atoms with van der Waals surface area (Å²) in [5.74, 6) is -0.578. The lowest BCUT2D eigenvalue weighted by Gasteiger charge is -2.36. The minimum atomic E-state index is -4.57. The van der Waals surface area contributed by atoms with E-state index in [9.17, 15) is 18.3 Å². The molecule has 1 fully saturated rings. The average molecular weight is 403 g/mol. The Morgan fingerprint density at radius 1 is 1.41 bits per heavy atom. The van der Waals surface area contributed by atoms with Crippen molar-refractivity contribution in [1.82, 2.24) is 15.0 Å². The highest BCUT2D eigenvalue weighted by Crippen LogP contribution is 2.39. The van der Waals surface area contributed by atoms with Crippen LogP contribution in [0.2, 0.25) is 0 Å². The van der Waals surface area contributed by atoms with Gasteiger partial charge in [-0.2, -0.15) is 13.2 Å². The van der Waals surface area contributed by atoms with Gasteiger partial charge < -0.3 is 14.5 Å². The van der Waals surface area contributed by atoms with Crippen LogP contribution in [0.5, 0.6) is 0 Å². The summed E-state index contributed by atoms with van der Waals surface area (Å²) < 4.78 is 43.2. The number of thiophene rings is 1. The van der Waals surface area contributed by atoms with Gasteiger partial charge in [0.25, 0.3) is 0 Å². The van der Waals surface area contributed by atoms with Gasteiger partial charge in [0.15, 0.2) is 0 Å². The first-order valence-corrected chi connectivity index (χ1v) is 9.69. The number of aliphatic hydroxyl groups is 1. The average Bonchev–Trinajstić information content (AvgIpc) is 3.19. The Morgan fingerprint density at radius 3 is 2.78 bits per heavy atom. The molecule has 0 spiro atoms. The molecule has 1 aliphatic heterocycles. The van der Waals surface area contributed by atoms with Crippen molar-refractivity contribution in [1.29, 1.82) is 0 Å². The Balaban J connectivity index is 1.75. The predicted molar refractivity (Wildman–Crippen MR) is 97.4 cm³/mol. The summed E-state index contributed by atoms with van der Waals surface area (Å²) >= 11 is 1.25. The van der Waals surface area contributed by atoms with E-state index in [0.29, 0.717) is 15.7 Å². The van der Waals surface area contributed by atoms with Crippen LogP contribution in [0.1, 0.15) is 35.3 Å². The topological polar surface area (TPSA) is 52.7 Å². The normalized spacial score (nSPS) is 20.4. The van der Waals surface area contributed by atoms with Gasteiger partial charge in [-0.15, -0.1) is 11.3 Å².